The van der Waals surface area contributed by atoms with Crippen LogP contribution in [0.5, 0.6) is 0 Å². The number of nitrogens with zero attached hydrogens (tertiary/aromatic N) is 1. The van der Waals surface area contributed by atoms with Crippen LogP contribution in [0.2, 0.25) is 0 Å². The average molecular weight is 300 g/mol. The van der Waals surface area contributed by atoms with Gasteiger partial charge in [-0.1, -0.05) is 0 Å². The van der Waals surface area contributed by atoms with Gasteiger partial charge in [-0.15, -0.1) is 12.4 Å². The summed E-state index contributed by atoms with van der Waals surface area (Å²) in [5, 5.41) is 2.75. The molecule has 2 aromatic rings. The summed E-state index contributed by atoms with van der Waals surface area (Å²) in [6, 6.07) is 5.11. The second kappa shape index (κ2) is 6.58. The van der Waals surface area contributed by atoms with E-state index < -0.39 is 5.76 Å². The van der Waals surface area contributed by atoms with Crippen molar-refractivity contribution < 1.29 is 9.21 Å². The van der Waals surface area contributed by atoms with E-state index in [1.807, 2.05) is 6.92 Å². The number of rotatable bonds is 4. The summed E-state index contributed by atoms with van der Waals surface area (Å²) >= 11 is 0. The Morgan fingerprint density at radius 1 is 1.50 bits per heavy atom. The second-order valence-corrected chi connectivity index (χ2v) is 4.67. The van der Waals surface area contributed by atoms with Gasteiger partial charge in [0.25, 0.3) is 0 Å². The lowest BCUT2D eigenvalue weighted by atomic mass is 10.2. The van der Waals surface area contributed by atoms with Crippen LogP contribution in [0.1, 0.15) is 19.8 Å². The van der Waals surface area contributed by atoms with Gasteiger partial charge < -0.3 is 15.5 Å². The van der Waals surface area contributed by atoms with Crippen LogP contribution in [0.4, 0.5) is 5.69 Å². The molecule has 1 aromatic carbocycles. The zero-order valence-corrected chi connectivity index (χ0v) is 12.2. The Morgan fingerprint density at radius 3 is 2.85 bits per heavy atom. The third-order valence-corrected chi connectivity index (χ3v) is 2.90. The molecule has 0 fully saturated rings. The molecule has 1 amide bonds. The van der Waals surface area contributed by atoms with Crippen molar-refractivity contribution in [2.45, 2.75) is 25.8 Å². The molecular weight excluding hydrogens is 282 g/mol. The first kappa shape index (κ1) is 16.3. The molecule has 0 saturated heterocycles. The second-order valence-electron chi connectivity index (χ2n) is 4.67. The standard InChI is InChI=1S/C13H17N3O3.ClH/c1-8(14)3-6-12(17)15-9-4-5-10-11(7-9)19-13(18)16(10)2;/h4-5,7-8H,3,6,14H2,1-2H3,(H,15,17);1H. The molecule has 0 aliphatic carbocycles. The van der Waals surface area contributed by atoms with Crippen LogP contribution in [0.3, 0.4) is 0 Å². The number of hydrogen-bond donors (Lipinski definition) is 2. The molecule has 1 aromatic heterocycles. The van der Waals surface area contributed by atoms with Gasteiger partial charge in [0.05, 0.1) is 5.52 Å². The first-order valence-corrected chi connectivity index (χ1v) is 6.12. The van der Waals surface area contributed by atoms with Gasteiger partial charge in [0.15, 0.2) is 5.58 Å². The highest BCUT2D eigenvalue weighted by Gasteiger charge is 2.08. The first-order valence-electron chi connectivity index (χ1n) is 6.12. The summed E-state index contributed by atoms with van der Waals surface area (Å²) in [7, 11) is 1.63. The number of fused-ring (bicyclic) bond motifs is 1. The maximum Gasteiger partial charge on any atom is 0.419 e. The van der Waals surface area contributed by atoms with E-state index in [0.717, 1.165) is 0 Å². The zero-order chi connectivity index (χ0) is 14.0. The maximum absolute atomic E-state index is 11.7. The number of anilines is 1. The van der Waals surface area contributed by atoms with Crippen molar-refractivity contribution in [3.05, 3.63) is 28.7 Å². The first-order chi connectivity index (χ1) is 8.97. The molecular formula is C13H18ClN3O3. The molecule has 1 heterocycles. The van der Waals surface area contributed by atoms with Gasteiger partial charge in [0.1, 0.15) is 0 Å². The minimum atomic E-state index is -0.421. The number of hydrogen-bond acceptors (Lipinski definition) is 4. The maximum atomic E-state index is 11.7. The van der Waals surface area contributed by atoms with Gasteiger partial charge in [0.2, 0.25) is 5.91 Å². The number of carbonyl (C=O) groups is 1. The van der Waals surface area contributed by atoms with E-state index in [0.29, 0.717) is 29.6 Å². The highest BCUT2D eigenvalue weighted by Crippen LogP contribution is 2.18. The Hall–Kier alpha value is -1.79. The molecule has 7 heteroatoms. The van der Waals surface area contributed by atoms with Crippen LogP contribution in [0.15, 0.2) is 27.4 Å². The number of nitrogens with one attached hydrogen (secondary N) is 1. The monoisotopic (exact) mass is 299 g/mol. The van der Waals surface area contributed by atoms with Crippen molar-refractivity contribution in [1.29, 1.82) is 0 Å². The van der Waals surface area contributed by atoms with E-state index in [-0.39, 0.29) is 24.4 Å². The lowest BCUT2D eigenvalue weighted by Crippen LogP contribution is -2.19. The van der Waals surface area contributed by atoms with E-state index in [9.17, 15) is 9.59 Å². The van der Waals surface area contributed by atoms with Gasteiger partial charge in [-0.05, 0) is 25.5 Å². The average Bonchev–Trinajstić information content (AvgIpc) is 2.62. The summed E-state index contributed by atoms with van der Waals surface area (Å²) in [6.45, 7) is 1.86. The van der Waals surface area contributed by atoms with Gasteiger partial charge in [-0.3, -0.25) is 9.36 Å². The van der Waals surface area contributed by atoms with Crippen molar-refractivity contribution >= 4 is 35.1 Å². The molecule has 2 rings (SSSR count). The molecule has 1 unspecified atom stereocenters. The zero-order valence-electron chi connectivity index (χ0n) is 11.4. The number of amides is 1. The van der Waals surface area contributed by atoms with Crippen LogP contribution < -0.4 is 16.8 Å². The lowest BCUT2D eigenvalue weighted by molar-refractivity contribution is -0.116. The van der Waals surface area contributed by atoms with E-state index in [2.05, 4.69) is 5.32 Å². The Morgan fingerprint density at radius 2 is 2.20 bits per heavy atom. The van der Waals surface area contributed by atoms with Gasteiger partial charge in [-0.2, -0.15) is 0 Å². The SMILES string of the molecule is CC(N)CCC(=O)Nc1ccc2c(c1)oc(=O)n2C.Cl. The Kier molecular flexibility index (Phi) is 5.35. The third kappa shape index (κ3) is 3.61. The molecule has 1 atom stereocenters. The summed E-state index contributed by atoms with van der Waals surface area (Å²) in [6.07, 6.45) is 1.00. The minimum absolute atomic E-state index is 0. The fourth-order valence-electron chi connectivity index (χ4n) is 1.79. The molecule has 6 nitrogen and oxygen atoms in total. The van der Waals surface area contributed by atoms with E-state index in [1.54, 1.807) is 25.2 Å². The minimum Gasteiger partial charge on any atom is -0.408 e. The molecule has 20 heavy (non-hydrogen) atoms. The highest BCUT2D eigenvalue weighted by molar-refractivity contribution is 5.92. The molecule has 0 aliphatic rings. The number of aromatic nitrogens is 1. The number of aryl methyl sites for hydroxylation is 1. The number of carbonyl (C=O) groups excluding carboxylic acids is 1. The molecule has 0 saturated carbocycles. The van der Waals surface area contributed by atoms with E-state index >= 15 is 0 Å². The summed E-state index contributed by atoms with van der Waals surface area (Å²) in [4.78, 5) is 23.0. The van der Waals surface area contributed by atoms with E-state index in [4.69, 9.17) is 10.2 Å². The fraction of sp³-hybridized carbons (Fsp3) is 0.385. The molecule has 110 valence electrons. The van der Waals surface area contributed by atoms with Crippen molar-refractivity contribution in [3.63, 3.8) is 0 Å². The molecule has 0 radical (unpaired) electrons. The van der Waals surface area contributed by atoms with Gasteiger partial charge >= 0.3 is 5.76 Å². The topological polar surface area (TPSA) is 90.3 Å². The Labute approximate surface area is 122 Å². The third-order valence-electron chi connectivity index (χ3n) is 2.90. The highest BCUT2D eigenvalue weighted by atomic mass is 35.5. The molecule has 0 spiro atoms. The van der Waals surface area contributed by atoms with E-state index in [1.165, 1.54) is 4.57 Å². The number of oxazole rings is 1. The van der Waals surface area contributed by atoms with Crippen molar-refractivity contribution in [2.75, 3.05) is 5.32 Å². The Balaban J connectivity index is 0.00000200. The number of halogens is 1. The Bertz CT molecular complexity index is 660. The predicted molar refractivity (Wildman–Crippen MR) is 80.2 cm³/mol. The number of nitrogens with two attached hydrogens (primary N) is 1. The lowest BCUT2D eigenvalue weighted by Gasteiger charge is -2.06. The van der Waals surface area contributed by atoms with Crippen LogP contribution in [-0.2, 0) is 11.8 Å². The fourth-order valence-corrected chi connectivity index (χ4v) is 1.79. The summed E-state index contributed by atoms with van der Waals surface area (Å²) < 4.78 is 6.47. The van der Waals surface area contributed by atoms with Crippen LogP contribution in [-0.4, -0.2) is 16.5 Å². The van der Waals surface area contributed by atoms with Gasteiger partial charge in [0, 0.05) is 31.3 Å². The number of benzene rings is 1. The van der Waals surface area contributed by atoms with Crippen molar-refractivity contribution in [3.8, 4) is 0 Å². The van der Waals surface area contributed by atoms with Crippen LogP contribution >= 0.6 is 12.4 Å². The van der Waals surface area contributed by atoms with Crippen molar-refractivity contribution in [1.82, 2.24) is 4.57 Å². The van der Waals surface area contributed by atoms with Gasteiger partial charge in [-0.25, -0.2) is 4.79 Å². The predicted octanol–water partition coefficient (Wildman–Crippen LogP) is 1.62. The molecule has 3 N–H and O–H groups in total. The van der Waals surface area contributed by atoms with Crippen LogP contribution in [0, 0.1) is 0 Å². The quantitative estimate of drug-likeness (QED) is 0.897. The van der Waals surface area contributed by atoms with Crippen LogP contribution in [0.25, 0.3) is 11.1 Å². The largest absolute Gasteiger partial charge is 0.419 e. The van der Waals surface area contributed by atoms with Crippen molar-refractivity contribution in [2.24, 2.45) is 12.8 Å². The summed E-state index contributed by atoms with van der Waals surface area (Å²) in [5.74, 6) is -0.523. The summed E-state index contributed by atoms with van der Waals surface area (Å²) in [5.41, 5.74) is 7.35. The molecule has 0 bridgehead atoms. The molecule has 0 aliphatic heterocycles. The smallest absolute Gasteiger partial charge is 0.408 e. The normalized spacial score (nSPS) is 11.9.